The number of aryl methyl sites for hydroxylation is 1. The Morgan fingerprint density at radius 1 is 1.19 bits per heavy atom. The smallest absolute Gasteiger partial charge is 0.240 e. The van der Waals surface area contributed by atoms with E-state index in [1.54, 1.807) is 18.4 Å². The summed E-state index contributed by atoms with van der Waals surface area (Å²) in [6, 6.07) is 12.2. The summed E-state index contributed by atoms with van der Waals surface area (Å²) < 4.78 is 32.8. The molecular formula is C20H20N2O4S. The standard InChI is InChI=1S/C20H20N2O4S/c1-13-5-8-18-14(12-26-19(18)9-13)10-20(23)21-16-3-2-4-17(11-16)27(24,25)22-15-6-7-15/h2-5,8-9,11-12,15,22H,6-7,10H2,1H3,(H,21,23). The maximum Gasteiger partial charge on any atom is 0.240 e. The summed E-state index contributed by atoms with van der Waals surface area (Å²) in [6.07, 6.45) is 3.47. The Morgan fingerprint density at radius 3 is 2.78 bits per heavy atom. The minimum absolute atomic E-state index is 0.0336. The topological polar surface area (TPSA) is 88.4 Å². The second kappa shape index (κ2) is 6.83. The predicted octanol–water partition coefficient (Wildman–Crippen LogP) is 3.36. The van der Waals surface area contributed by atoms with Gasteiger partial charge in [0.1, 0.15) is 5.58 Å². The van der Waals surface area contributed by atoms with Crippen LogP contribution in [0, 0.1) is 6.92 Å². The van der Waals surface area contributed by atoms with Crippen molar-refractivity contribution < 1.29 is 17.6 Å². The molecule has 4 rings (SSSR count). The number of benzene rings is 2. The largest absolute Gasteiger partial charge is 0.464 e. The number of hydrogen-bond acceptors (Lipinski definition) is 4. The molecule has 2 aromatic carbocycles. The van der Waals surface area contributed by atoms with E-state index in [-0.39, 0.29) is 23.3 Å². The monoisotopic (exact) mass is 384 g/mol. The van der Waals surface area contributed by atoms with Crippen molar-refractivity contribution in [3.8, 4) is 0 Å². The molecule has 1 saturated carbocycles. The molecule has 1 fully saturated rings. The molecule has 0 aliphatic heterocycles. The molecule has 0 atom stereocenters. The second-order valence-electron chi connectivity index (χ2n) is 6.91. The van der Waals surface area contributed by atoms with Gasteiger partial charge < -0.3 is 9.73 Å². The van der Waals surface area contributed by atoms with E-state index in [0.29, 0.717) is 5.69 Å². The first-order valence-corrected chi connectivity index (χ1v) is 10.3. The van der Waals surface area contributed by atoms with E-state index in [0.717, 1.165) is 34.9 Å². The summed E-state index contributed by atoms with van der Waals surface area (Å²) in [5.41, 5.74) is 3.08. The summed E-state index contributed by atoms with van der Waals surface area (Å²) in [7, 11) is -3.55. The van der Waals surface area contributed by atoms with E-state index >= 15 is 0 Å². The number of sulfonamides is 1. The van der Waals surface area contributed by atoms with Crippen molar-refractivity contribution >= 4 is 32.6 Å². The van der Waals surface area contributed by atoms with Crippen LogP contribution in [0.1, 0.15) is 24.0 Å². The van der Waals surface area contributed by atoms with E-state index in [2.05, 4.69) is 10.0 Å². The van der Waals surface area contributed by atoms with Crippen molar-refractivity contribution in [1.29, 1.82) is 0 Å². The number of carbonyl (C=O) groups excluding carboxylic acids is 1. The van der Waals surface area contributed by atoms with Crippen molar-refractivity contribution in [3.05, 3.63) is 59.9 Å². The van der Waals surface area contributed by atoms with Gasteiger partial charge in [-0.15, -0.1) is 0 Å². The molecule has 1 aromatic heterocycles. The van der Waals surface area contributed by atoms with Crippen LogP contribution in [-0.4, -0.2) is 20.4 Å². The highest BCUT2D eigenvalue weighted by molar-refractivity contribution is 7.89. The van der Waals surface area contributed by atoms with Gasteiger partial charge in [-0.05, 0) is 49.6 Å². The zero-order valence-electron chi connectivity index (χ0n) is 14.9. The Hall–Kier alpha value is -2.64. The zero-order chi connectivity index (χ0) is 19.0. The number of nitrogens with one attached hydrogen (secondary N) is 2. The van der Waals surface area contributed by atoms with Crippen LogP contribution in [-0.2, 0) is 21.2 Å². The summed E-state index contributed by atoms with van der Waals surface area (Å²) in [6.45, 7) is 1.98. The number of fused-ring (bicyclic) bond motifs is 1. The van der Waals surface area contributed by atoms with Gasteiger partial charge in [-0.1, -0.05) is 18.2 Å². The van der Waals surface area contributed by atoms with Gasteiger partial charge in [-0.2, -0.15) is 0 Å². The first-order valence-electron chi connectivity index (χ1n) is 8.80. The van der Waals surface area contributed by atoms with E-state index in [1.807, 2.05) is 25.1 Å². The molecule has 0 saturated heterocycles. The fraction of sp³-hybridized carbons (Fsp3) is 0.250. The van der Waals surface area contributed by atoms with Gasteiger partial charge in [0, 0.05) is 22.7 Å². The third kappa shape index (κ3) is 4.04. The maximum absolute atomic E-state index is 12.4. The summed E-state index contributed by atoms with van der Waals surface area (Å²) >= 11 is 0. The Bertz CT molecular complexity index is 1110. The Labute approximate surface area is 157 Å². The van der Waals surface area contributed by atoms with Crippen molar-refractivity contribution in [2.24, 2.45) is 0 Å². The second-order valence-corrected chi connectivity index (χ2v) is 8.62. The van der Waals surface area contributed by atoms with Crippen LogP contribution in [0.3, 0.4) is 0 Å². The normalized spacial score (nSPS) is 14.4. The van der Waals surface area contributed by atoms with Gasteiger partial charge in [-0.25, -0.2) is 13.1 Å². The average Bonchev–Trinajstić information content (AvgIpc) is 3.34. The molecule has 6 nitrogen and oxygen atoms in total. The lowest BCUT2D eigenvalue weighted by atomic mass is 10.1. The fourth-order valence-corrected chi connectivity index (χ4v) is 4.29. The molecule has 1 aliphatic carbocycles. The average molecular weight is 384 g/mol. The highest BCUT2D eigenvalue weighted by Gasteiger charge is 2.28. The van der Waals surface area contributed by atoms with Gasteiger partial charge in [0.25, 0.3) is 0 Å². The molecule has 1 amide bonds. The highest BCUT2D eigenvalue weighted by atomic mass is 32.2. The number of hydrogen-bond donors (Lipinski definition) is 2. The van der Waals surface area contributed by atoms with Gasteiger partial charge in [0.2, 0.25) is 15.9 Å². The van der Waals surface area contributed by atoms with Gasteiger partial charge in [-0.3, -0.25) is 4.79 Å². The van der Waals surface area contributed by atoms with Crippen molar-refractivity contribution in [2.45, 2.75) is 37.1 Å². The Morgan fingerprint density at radius 2 is 2.00 bits per heavy atom. The van der Waals surface area contributed by atoms with Crippen molar-refractivity contribution in [2.75, 3.05) is 5.32 Å². The molecule has 0 spiro atoms. The van der Waals surface area contributed by atoms with Crippen LogP contribution in [0.15, 0.2) is 58.0 Å². The minimum Gasteiger partial charge on any atom is -0.464 e. The van der Waals surface area contributed by atoms with Gasteiger partial charge in [0.05, 0.1) is 17.6 Å². The van der Waals surface area contributed by atoms with Crippen LogP contribution in [0.2, 0.25) is 0 Å². The van der Waals surface area contributed by atoms with Crippen LogP contribution in [0.25, 0.3) is 11.0 Å². The molecule has 3 aromatic rings. The molecular weight excluding hydrogens is 364 g/mol. The maximum atomic E-state index is 12.4. The predicted molar refractivity (Wildman–Crippen MR) is 103 cm³/mol. The molecule has 2 N–H and O–H groups in total. The molecule has 1 aliphatic rings. The van der Waals surface area contributed by atoms with Gasteiger partial charge in [0.15, 0.2) is 0 Å². The lowest BCUT2D eigenvalue weighted by molar-refractivity contribution is -0.115. The Kier molecular flexibility index (Phi) is 4.49. The summed E-state index contributed by atoms with van der Waals surface area (Å²) in [5.74, 6) is -0.233. The van der Waals surface area contributed by atoms with Crippen LogP contribution in [0.5, 0.6) is 0 Å². The van der Waals surface area contributed by atoms with Crippen LogP contribution < -0.4 is 10.0 Å². The minimum atomic E-state index is -3.55. The first-order chi connectivity index (χ1) is 12.9. The number of anilines is 1. The van der Waals surface area contributed by atoms with E-state index in [9.17, 15) is 13.2 Å². The van der Waals surface area contributed by atoms with Gasteiger partial charge >= 0.3 is 0 Å². The van der Waals surface area contributed by atoms with Crippen LogP contribution in [0.4, 0.5) is 5.69 Å². The highest BCUT2D eigenvalue weighted by Crippen LogP contribution is 2.25. The zero-order valence-corrected chi connectivity index (χ0v) is 15.7. The Balaban J connectivity index is 1.48. The van der Waals surface area contributed by atoms with E-state index in [4.69, 9.17) is 4.42 Å². The fourth-order valence-electron chi connectivity index (χ4n) is 2.94. The number of amides is 1. The molecule has 0 radical (unpaired) electrons. The third-order valence-corrected chi connectivity index (χ3v) is 6.01. The third-order valence-electron chi connectivity index (χ3n) is 4.49. The quantitative estimate of drug-likeness (QED) is 0.682. The summed E-state index contributed by atoms with van der Waals surface area (Å²) in [5, 5.41) is 3.67. The van der Waals surface area contributed by atoms with Crippen molar-refractivity contribution in [3.63, 3.8) is 0 Å². The molecule has 0 unspecified atom stereocenters. The van der Waals surface area contributed by atoms with Crippen LogP contribution >= 0.6 is 0 Å². The number of carbonyl (C=O) groups is 1. The van der Waals surface area contributed by atoms with Crippen molar-refractivity contribution in [1.82, 2.24) is 4.72 Å². The molecule has 27 heavy (non-hydrogen) atoms. The molecule has 1 heterocycles. The van der Waals surface area contributed by atoms with E-state index in [1.165, 1.54) is 12.1 Å². The molecule has 7 heteroatoms. The lowest BCUT2D eigenvalue weighted by Crippen LogP contribution is -2.25. The number of furan rings is 1. The summed E-state index contributed by atoms with van der Waals surface area (Å²) in [4.78, 5) is 12.6. The lowest BCUT2D eigenvalue weighted by Gasteiger charge is -2.09. The SMILES string of the molecule is Cc1ccc2c(CC(=O)Nc3cccc(S(=O)(=O)NC4CC4)c3)coc2c1. The molecule has 0 bridgehead atoms. The van der Waals surface area contributed by atoms with E-state index < -0.39 is 10.0 Å². The first kappa shape index (κ1) is 17.8. The number of rotatable bonds is 6. The molecule has 140 valence electrons.